The van der Waals surface area contributed by atoms with E-state index in [9.17, 15) is 9.59 Å². The molecule has 0 aliphatic rings. The Hall–Kier alpha value is -3.48. The fourth-order valence-electron chi connectivity index (χ4n) is 3.55. The highest BCUT2D eigenvalue weighted by Gasteiger charge is 2.19. The number of carbonyl (C=O) groups excluding carboxylic acids is 1. The molecular weight excluding hydrogens is 396 g/mol. The molecule has 1 N–H and O–H groups in total. The zero-order valence-electron chi connectivity index (χ0n) is 18.5. The Bertz CT molecular complexity index is 1150. The van der Waals surface area contributed by atoms with Gasteiger partial charge in [0.15, 0.2) is 11.5 Å². The molecule has 7 heteroatoms. The molecule has 3 rings (SSSR count). The van der Waals surface area contributed by atoms with Crippen LogP contribution in [0.2, 0.25) is 0 Å². The number of methoxy groups -OCH3 is 3. The number of nitrogens with one attached hydrogen (secondary N) is 1. The van der Waals surface area contributed by atoms with Gasteiger partial charge in [-0.15, -0.1) is 0 Å². The molecule has 0 saturated heterocycles. The number of pyridine rings is 1. The number of aromatic nitrogens is 1. The standard InChI is InChI=1S/C24H28N2O5/c1-15(2)13-26-14-19(23(27)25-12-16-8-6-7-9-20(16)29-3)17-10-21(30-4)22(31-5)11-18(17)24(26)28/h6-11,14-15H,12-13H2,1-5H3,(H,25,27). The number of fused-ring (bicyclic) bond motifs is 1. The van der Waals surface area contributed by atoms with Crippen LogP contribution in [0.25, 0.3) is 10.8 Å². The normalized spacial score (nSPS) is 10.9. The average Bonchev–Trinajstić information content (AvgIpc) is 2.78. The minimum atomic E-state index is -0.291. The first-order chi connectivity index (χ1) is 14.9. The molecule has 31 heavy (non-hydrogen) atoms. The molecule has 1 aromatic heterocycles. The molecule has 0 atom stereocenters. The third-order valence-electron chi connectivity index (χ3n) is 5.03. The summed E-state index contributed by atoms with van der Waals surface area (Å²) >= 11 is 0. The maximum absolute atomic E-state index is 13.2. The molecule has 0 unspecified atom stereocenters. The van der Waals surface area contributed by atoms with Gasteiger partial charge in [-0.1, -0.05) is 32.0 Å². The van der Waals surface area contributed by atoms with Gasteiger partial charge in [0.25, 0.3) is 11.5 Å². The lowest BCUT2D eigenvalue weighted by atomic mass is 10.0. The van der Waals surface area contributed by atoms with E-state index in [1.54, 1.807) is 30.0 Å². The first-order valence-electron chi connectivity index (χ1n) is 10.1. The highest BCUT2D eigenvalue weighted by atomic mass is 16.5. The number of ether oxygens (including phenoxy) is 3. The summed E-state index contributed by atoms with van der Waals surface area (Å²) in [6.45, 7) is 4.83. The Morgan fingerprint density at radius 2 is 1.58 bits per heavy atom. The van der Waals surface area contributed by atoms with Crippen molar-refractivity contribution < 1.29 is 19.0 Å². The maximum atomic E-state index is 13.2. The molecule has 1 heterocycles. The molecule has 0 saturated carbocycles. The molecule has 7 nitrogen and oxygen atoms in total. The number of rotatable bonds is 8. The van der Waals surface area contributed by atoms with Gasteiger partial charge in [-0.2, -0.15) is 0 Å². The van der Waals surface area contributed by atoms with E-state index in [0.717, 1.165) is 5.56 Å². The molecule has 0 radical (unpaired) electrons. The van der Waals surface area contributed by atoms with Crippen LogP contribution in [0.5, 0.6) is 17.2 Å². The van der Waals surface area contributed by atoms with Crippen LogP contribution in [-0.2, 0) is 13.1 Å². The van der Waals surface area contributed by atoms with Crippen molar-refractivity contribution >= 4 is 16.7 Å². The summed E-state index contributed by atoms with van der Waals surface area (Å²) in [7, 11) is 4.63. The number of amides is 1. The zero-order valence-corrected chi connectivity index (χ0v) is 18.5. The molecule has 0 spiro atoms. The van der Waals surface area contributed by atoms with Crippen molar-refractivity contribution in [3.05, 3.63) is 64.1 Å². The van der Waals surface area contributed by atoms with Crippen LogP contribution in [0, 0.1) is 5.92 Å². The molecule has 1 amide bonds. The van der Waals surface area contributed by atoms with Gasteiger partial charge < -0.3 is 24.1 Å². The van der Waals surface area contributed by atoms with E-state index >= 15 is 0 Å². The van der Waals surface area contributed by atoms with Crippen LogP contribution in [0.3, 0.4) is 0 Å². The zero-order chi connectivity index (χ0) is 22.5. The van der Waals surface area contributed by atoms with Crippen LogP contribution in [-0.4, -0.2) is 31.8 Å². The summed E-state index contributed by atoms with van der Waals surface area (Å²) in [5.41, 5.74) is 1.08. The van der Waals surface area contributed by atoms with Gasteiger partial charge in [0.05, 0.1) is 32.3 Å². The summed E-state index contributed by atoms with van der Waals surface area (Å²) in [5.74, 6) is 1.54. The maximum Gasteiger partial charge on any atom is 0.258 e. The second-order valence-corrected chi connectivity index (χ2v) is 7.64. The number of para-hydroxylation sites is 1. The predicted octanol–water partition coefficient (Wildman–Crippen LogP) is 3.61. The summed E-state index contributed by atoms with van der Waals surface area (Å²) in [4.78, 5) is 26.3. The number of benzene rings is 2. The topological polar surface area (TPSA) is 78.8 Å². The van der Waals surface area contributed by atoms with E-state index in [1.165, 1.54) is 14.2 Å². The third kappa shape index (κ3) is 4.66. The lowest BCUT2D eigenvalue weighted by Crippen LogP contribution is -2.28. The molecule has 0 aliphatic heterocycles. The quantitative estimate of drug-likeness (QED) is 0.598. The lowest BCUT2D eigenvalue weighted by Gasteiger charge is -2.16. The van der Waals surface area contributed by atoms with Gasteiger partial charge in [-0.3, -0.25) is 9.59 Å². The van der Waals surface area contributed by atoms with Crippen molar-refractivity contribution in [3.63, 3.8) is 0 Å². The van der Waals surface area contributed by atoms with Gasteiger partial charge in [0, 0.05) is 30.2 Å². The number of carbonyl (C=O) groups is 1. The fourth-order valence-corrected chi connectivity index (χ4v) is 3.55. The van der Waals surface area contributed by atoms with Crippen molar-refractivity contribution in [2.24, 2.45) is 5.92 Å². The molecule has 2 aromatic carbocycles. The summed E-state index contributed by atoms with van der Waals surface area (Å²) in [6, 6.07) is 10.8. The van der Waals surface area contributed by atoms with E-state index < -0.39 is 0 Å². The summed E-state index contributed by atoms with van der Waals surface area (Å²) in [5, 5.41) is 3.86. The molecule has 0 fully saturated rings. The monoisotopic (exact) mass is 424 g/mol. The van der Waals surface area contributed by atoms with Crippen molar-refractivity contribution in [2.45, 2.75) is 26.9 Å². The molecule has 3 aromatic rings. The first kappa shape index (κ1) is 22.2. The van der Waals surface area contributed by atoms with E-state index in [2.05, 4.69) is 5.32 Å². The minimum absolute atomic E-state index is 0.175. The second-order valence-electron chi connectivity index (χ2n) is 7.64. The Morgan fingerprint density at radius 3 is 2.19 bits per heavy atom. The van der Waals surface area contributed by atoms with Crippen molar-refractivity contribution in [1.82, 2.24) is 9.88 Å². The predicted molar refractivity (Wildman–Crippen MR) is 120 cm³/mol. The van der Waals surface area contributed by atoms with Crippen molar-refractivity contribution in [2.75, 3.05) is 21.3 Å². The smallest absolute Gasteiger partial charge is 0.258 e. The molecule has 0 aliphatic carbocycles. The number of nitrogens with zero attached hydrogens (tertiary/aromatic N) is 1. The molecule has 0 bridgehead atoms. The Kier molecular flexibility index (Phi) is 6.84. The van der Waals surface area contributed by atoms with Crippen LogP contribution < -0.4 is 25.1 Å². The Labute approximate surface area is 181 Å². The fraction of sp³-hybridized carbons (Fsp3) is 0.333. The minimum Gasteiger partial charge on any atom is -0.496 e. The highest BCUT2D eigenvalue weighted by molar-refractivity contribution is 6.07. The van der Waals surface area contributed by atoms with E-state index in [-0.39, 0.29) is 17.4 Å². The van der Waals surface area contributed by atoms with Gasteiger partial charge in [0.1, 0.15) is 5.75 Å². The number of hydrogen-bond donors (Lipinski definition) is 1. The Morgan fingerprint density at radius 1 is 0.968 bits per heavy atom. The molecule has 164 valence electrons. The average molecular weight is 424 g/mol. The van der Waals surface area contributed by atoms with Crippen molar-refractivity contribution in [1.29, 1.82) is 0 Å². The molecular formula is C24H28N2O5. The van der Waals surface area contributed by atoms with E-state index in [1.807, 2.05) is 38.1 Å². The van der Waals surface area contributed by atoms with Gasteiger partial charge in [0.2, 0.25) is 0 Å². The van der Waals surface area contributed by atoms with E-state index in [0.29, 0.717) is 46.7 Å². The van der Waals surface area contributed by atoms with E-state index in [4.69, 9.17) is 14.2 Å². The van der Waals surface area contributed by atoms with Crippen LogP contribution in [0.1, 0.15) is 29.8 Å². The Balaban J connectivity index is 2.09. The number of hydrogen-bond acceptors (Lipinski definition) is 5. The SMILES string of the molecule is COc1ccccc1CNC(=O)c1cn(CC(C)C)c(=O)c2cc(OC)c(OC)cc12. The first-order valence-corrected chi connectivity index (χ1v) is 10.1. The van der Waals surface area contributed by atoms with Crippen LogP contribution in [0.15, 0.2) is 47.4 Å². The van der Waals surface area contributed by atoms with Gasteiger partial charge >= 0.3 is 0 Å². The largest absolute Gasteiger partial charge is 0.496 e. The van der Waals surface area contributed by atoms with Gasteiger partial charge in [-0.25, -0.2) is 0 Å². The van der Waals surface area contributed by atoms with Gasteiger partial charge in [-0.05, 0) is 24.1 Å². The summed E-state index contributed by atoms with van der Waals surface area (Å²) < 4.78 is 17.7. The second kappa shape index (κ2) is 9.55. The van der Waals surface area contributed by atoms with Crippen molar-refractivity contribution in [3.8, 4) is 17.2 Å². The lowest BCUT2D eigenvalue weighted by molar-refractivity contribution is 0.0951. The van der Waals surface area contributed by atoms with Crippen LogP contribution in [0.4, 0.5) is 0 Å². The third-order valence-corrected chi connectivity index (χ3v) is 5.03. The van der Waals surface area contributed by atoms with Crippen LogP contribution >= 0.6 is 0 Å². The highest BCUT2D eigenvalue weighted by Crippen LogP contribution is 2.32. The summed E-state index contributed by atoms with van der Waals surface area (Å²) in [6.07, 6.45) is 1.62.